The first-order valence-electron chi connectivity index (χ1n) is 7.66. The van der Waals surface area contributed by atoms with Crippen LogP contribution in [0.3, 0.4) is 0 Å². The third kappa shape index (κ3) is 4.65. The van der Waals surface area contributed by atoms with Crippen molar-refractivity contribution in [2.24, 2.45) is 0 Å². The first-order valence-corrected chi connectivity index (χ1v) is 7.66. The number of rotatable bonds is 7. The van der Waals surface area contributed by atoms with E-state index in [1.54, 1.807) is 31.2 Å². The SMILES string of the molecule is CCCCOC(=O)C(C)c1ccc2cc(OC(F)F)ccc2c1. The van der Waals surface area contributed by atoms with Crippen molar-refractivity contribution in [3.8, 4) is 5.75 Å². The number of halogens is 2. The summed E-state index contributed by atoms with van der Waals surface area (Å²) in [7, 11) is 0. The van der Waals surface area contributed by atoms with Gasteiger partial charge in [-0.1, -0.05) is 37.6 Å². The van der Waals surface area contributed by atoms with Crippen LogP contribution in [-0.2, 0) is 9.53 Å². The molecule has 5 heteroatoms. The Bertz CT molecular complexity index is 670. The number of fused-ring (bicyclic) bond motifs is 1. The second-order valence-electron chi connectivity index (χ2n) is 5.39. The average Bonchev–Trinajstić information content (AvgIpc) is 2.53. The molecule has 2 aromatic carbocycles. The van der Waals surface area contributed by atoms with Crippen molar-refractivity contribution in [2.75, 3.05) is 6.61 Å². The summed E-state index contributed by atoms with van der Waals surface area (Å²) >= 11 is 0. The summed E-state index contributed by atoms with van der Waals surface area (Å²) in [5, 5.41) is 1.63. The lowest BCUT2D eigenvalue weighted by molar-refractivity contribution is -0.145. The van der Waals surface area contributed by atoms with Gasteiger partial charge in [-0.15, -0.1) is 0 Å². The van der Waals surface area contributed by atoms with Crippen LogP contribution >= 0.6 is 0 Å². The van der Waals surface area contributed by atoms with Gasteiger partial charge in [0.25, 0.3) is 0 Å². The quantitative estimate of drug-likeness (QED) is 0.538. The fourth-order valence-electron chi connectivity index (χ4n) is 2.27. The Morgan fingerprint density at radius 1 is 1.13 bits per heavy atom. The van der Waals surface area contributed by atoms with Gasteiger partial charge in [0.05, 0.1) is 12.5 Å². The summed E-state index contributed by atoms with van der Waals surface area (Å²) in [4.78, 5) is 12.0. The maximum absolute atomic E-state index is 12.2. The molecule has 0 saturated heterocycles. The molecule has 2 aromatic rings. The second-order valence-corrected chi connectivity index (χ2v) is 5.39. The fourth-order valence-corrected chi connectivity index (χ4v) is 2.27. The van der Waals surface area contributed by atoms with Crippen LogP contribution in [0.25, 0.3) is 10.8 Å². The van der Waals surface area contributed by atoms with Crippen molar-refractivity contribution in [2.45, 2.75) is 39.2 Å². The molecule has 124 valence electrons. The van der Waals surface area contributed by atoms with Gasteiger partial charge in [0.15, 0.2) is 0 Å². The lowest BCUT2D eigenvalue weighted by Crippen LogP contribution is -2.13. The maximum Gasteiger partial charge on any atom is 0.387 e. The highest BCUT2D eigenvalue weighted by Gasteiger charge is 2.17. The van der Waals surface area contributed by atoms with Crippen LogP contribution in [0.5, 0.6) is 5.75 Å². The van der Waals surface area contributed by atoms with Gasteiger partial charge in [-0.05, 0) is 41.8 Å². The van der Waals surface area contributed by atoms with Crippen LogP contribution < -0.4 is 4.74 Å². The van der Waals surface area contributed by atoms with E-state index in [-0.39, 0.29) is 17.6 Å². The molecule has 2 rings (SSSR count). The Morgan fingerprint density at radius 2 is 1.83 bits per heavy atom. The van der Waals surface area contributed by atoms with Crippen molar-refractivity contribution in [3.05, 3.63) is 42.0 Å². The molecular weight excluding hydrogens is 302 g/mol. The minimum absolute atomic E-state index is 0.118. The molecule has 0 radical (unpaired) electrons. The monoisotopic (exact) mass is 322 g/mol. The number of esters is 1. The molecule has 23 heavy (non-hydrogen) atoms. The molecule has 0 aliphatic carbocycles. The zero-order valence-electron chi connectivity index (χ0n) is 13.2. The molecule has 1 unspecified atom stereocenters. The molecule has 0 aromatic heterocycles. The van der Waals surface area contributed by atoms with Gasteiger partial charge in [0.2, 0.25) is 0 Å². The van der Waals surface area contributed by atoms with E-state index in [0.717, 1.165) is 29.2 Å². The number of hydrogen-bond acceptors (Lipinski definition) is 3. The van der Waals surface area contributed by atoms with E-state index in [1.165, 1.54) is 6.07 Å². The summed E-state index contributed by atoms with van der Waals surface area (Å²) in [5.74, 6) is -0.504. The van der Waals surface area contributed by atoms with E-state index >= 15 is 0 Å². The van der Waals surface area contributed by atoms with Gasteiger partial charge >= 0.3 is 12.6 Å². The highest BCUT2D eigenvalue weighted by molar-refractivity contribution is 5.86. The third-order valence-corrected chi connectivity index (χ3v) is 3.66. The third-order valence-electron chi connectivity index (χ3n) is 3.66. The van der Waals surface area contributed by atoms with Crippen molar-refractivity contribution >= 4 is 16.7 Å². The number of carbonyl (C=O) groups is 1. The molecule has 0 aliphatic rings. The Balaban J connectivity index is 2.14. The van der Waals surface area contributed by atoms with E-state index in [0.29, 0.717) is 6.61 Å². The van der Waals surface area contributed by atoms with Crippen molar-refractivity contribution < 1.29 is 23.0 Å². The molecule has 3 nitrogen and oxygen atoms in total. The number of carbonyl (C=O) groups excluding carboxylic acids is 1. The van der Waals surface area contributed by atoms with Crippen molar-refractivity contribution in [1.29, 1.82) is 0 Å². The molecule has 0 spiro atoms. The number of alkyl halides is 2. The van der Waals surface area contributed by atoms with E-state index in [9.17, 15) is 13.6 Å². The minimum Gasteiger partial charge on any atom is -0.465 e. The van der Waals surface area contributed by atoms with Crippen LogP contribution in [0.1, 0.15) is 38.2 Å². The van der Waals surface area contributed by atoms with Gasteiger partial charge in [-0.2, -0.15) is 8.78 Å². The average molecular weight is 322 g/mol. The minimum atomic E-state index is -2.84. The predicted octanol–water partition coefficient (Wildman–Crippen LogP) is 4.89. The largest absolute Gasteiger partial charge is 0.465 e. The molecule has 0 saturated carbocycles. The summed E-state index contributed by atoms with van der Waals surface area (Å²) < 4.78 is 34.1. The molecule has 0 N–H and O–H groups in total. The van der Waals surface area contributed by atoms with Crippen LogP contribution in [-0.4, -0.2) is 19.2 Å². The maximum atomic E-state index is 12.2. The smallest absolute Gasteiger partial charge is 0.387 e. The van der Waals surface area contributed by atoms with Crippen LogP contribution in [0.4, 0.5) is 8.78 Å². The molecule has 0 bridgehead atoms. The standard InChI is InChI=1S/C18H20F2O3/c1-3-4-9-22-17(21)12(2)13-5-6-15-11-16(23-18(19)20)8-7-14(15)10-13/h5-8,10-12,18H,3-4,9H2,1-2H3. The van der Waals surface area contributed by atoms with Crippen LogP contribution in [0.2, 0.25) is 0 Å². The zero-order chi connectivity index (χ0) is 16.8. The van der Waals surface area contributed by atoms with E-state index in [4.69, 9.17) is 4.74 Å². The molecule has 0 fully saturated rings. The Kier molecular flexibility index (Phi) is 5.90. The number of ether oxygens (including phenoxy) is 2. The summed E-state index contributed by atoms with van der Waals surface area (Å²) in [6.45, 7) is 1.42. The lowest BCUT2D eigenvalue weighted by Gasteiger charge is -2.13. The van der Waals surface area contributed by atoms with E-state index in [1.807, 2.05) is 13.0 Å². The van der Waals surface area contributed by atoms with Gasteiger partial charge in [-0.3, -0.25) is 4.79 Å². The summed E-state index contributed by atoms with van der Waals surface area (Å²) in [6, 6.07) is 10.2. The normalized spacial score (nSPS) is 12.4. The predicted molar refractivity (Wildman–Crippen MR) is 84.9 cm³/mol. The van der Waals surface area contributed by atoms with Crippen molar-refractivity contribution in [3.63, 3.8) is 0 Å². The van der Waals surface area contributed by atoms with Crippen LogP contribution in [0, 0.1) is 0 Å². The fraction of sp³-hybridized carbons (Fsp3) is 0.389. The topological polar surface area (TPSA) is 35.5 Å². The molecular formula is C18H20F2O3. The Hall–Kier alpha value is -2.17. The summed E-state index contributed by atoms with van der Waals surface area (Å²) in [5.41, 5.74) is 0.835. The van der Waals surface area contributed by atoms with Crippen LogP contribution in [0.15, 0.2) is 36.4 Å². The van der Waals surface area contributed by atoms with Gasteiger partial charge in [-0.25, -0.2) is 0 Å². The Labute approximate surface area is 134 Å². The van der Waals surface area contributed by atoms with E-state index < -0.39 is 6.61 Å². The van der Waals surface area contributed by atoms with Gasteiger partial charge in [0.1, 0.15) is 5.75 Å². The molecule has 0 aliphatic heterocycles. The number of unbranched alkanes of at least 4 members (excludes halogenated alkanes) is 1. The van der Waals surface area contributed by atoms with Gasteiger partial charge in [0, 0.05) is 0 Å². The van der Waals surface area contributed by atoms with Crippen molar-refractivity contribution in [1.82, 2.24) is 0 Å². The van der Waals surface area contributed by atoms with Gasteiger partial charge < -0.3 is 9.47 Å². The molecule has 0 heterocycles. The lowest BCUT2D eigenvalue weighted by atomic mass is 9.98. The highest BCUT2D eigenvalue weighted by Crippen LogP contribution is 2.26. The zero-order valence-corrected chi connectivity index (χ0v) is 13.2. The Morgan fingerprint density at radius 3 is 2.52 bits per heavy atom. The second kappa shape index (κ2) is 7.90. The van der Waals surface area contributed by atoms with E-state index in [2.05, 4.69) is 4.74 Å². The number of hydrogen-bond donors (Lipinski definition) is 0. The first kappa shape index (κ1) is 17.2. The molecule has 0 amide bonds. The number of benzene rings is 2. The molecule has 1 atom stereocenters. The first-order chi connectivity index (χ1) is 11.0. The summed E-state index contributed by atoms with van der Waals surface area (Å²) in [6.07, 6.45) is 1.82. The highest BCUT2D eigenvalue weighted by atomic mass is 19.3.